The van der Waals surface area contributed by atoms with E-state index in [1.165, 1.54) is 41.5 Å². The Hall–Kier alpha value is -2.48. The molecule has 172 valence electrons. The second kappa shape index (κ2) is 11.9. The molecule has 0 N–H and O–H groups in total. The van der Waals surface area contributed by atoms with Gasteiger partial charge in [0, 0.05) is 23.7 Å². The molecule has 1 aromatic carbocycles. The van der Waals surface area contributed by atoms with Gasteiger partial charge in [0.25, 0.3) is 0 Å². The third kappa shape index (κ3) is 7.02. The van der Waals surface area contributed by atoms with Crippen LogP contribution in [0, 0.1) is 18.3 Å². The van der Waals surface area contributed by atoms with Crippen LogP contribution >= 0.6 is 0 Å². The number of hydrogen-bond donors (Lipinski definition) is 0. The molecular weight excluding hydrogens is 388 g/mol. The minimum absolute atomic E-state index is 0.150. The number of pyridine rings is 1. The second-order valence-corrected chi connectivity index (χ2v) is 9.74. The normalized spacial score (nSPS) is 14.2. The highest BCUT2D eigenvalue weighted by atomic mass is 14.8. The van der Waals surface area contributed by atoms with Gasteiger partial charge in [0.15, 0.2) is 0 Å². The maximum Gasteiger partial charge on any atom is 0.0664 e. The van der Waals surface area contributed by atoms with Crippen molar-refractivity contribution in [2.24, 2.45) is 16.3 Å². The lowest BCUT2D eigenvalue weighted by molar-refractivity contribution is 0.399. The van der Waals surface area contributed by atoms with Gasteiger partial charge in [0.2, 0.25) is 0 Å². The third-order valence-electron chi connectivity index (χ3n) is 7.00. The number of nitrogens with zero attached hydrogens (tertiary/aromatic N) is 2. The summed E-state index contributed by atoms with van der Waals surface area (Å²) in [6.07, 6.45) is 11.7. The number of hydrogen-bond acceptors (Lipinski definition) is 2. The highest BCUT2D eigenvalue weighted by Crippen LogP contribution is 2.37. The average Bonchev–Trinajstić information content (AvgIpc) is 2.79. The van der Waals surface area contributed by atoms with Crippen LogP contribution in [-0.4, -0.2) is 10.7 Å². The third-order valence-corrected chi connectivity index (χ3v) is 7.00. The maximum atomic E-state index is 4.92. The van der Waals surface area contributed by atoms with Crippen LogP contribution in [0.1, 0.15) is 83.9 Å². The predicted octanol–water partition coefficient (Wildman–Crippen LogP) is 8.82. The Labute approximate surface area is 196 Å². The highest BCUT2D eigenvalue weighted by Gasteiger charge is 2.23. The molecule has 0 spiro atoms. The van der Waals surface area contributed by atoms with Crippen LogP contribution in [0.15, 0.2) is 71.5 Å². The Kier molecular flexibility index (Phi) is 9.62. The molecule has 2 aromatic rings. The van der Waals surface area contributed by atoms with E-state index in [9.17, 15) is 0 Å². The molecule has 1 heterocycles. The van der Waals surface area contributed by atoms with Crippen LogP contribution in [0.3, 0.4) is 0 Å². The summed E-state index contributed by atoms with van der Waals surface area (Å²) in [6, 6.07) is 10.7. The lowest BCUT2D eigenvalue weighted by Gasteiger charge is -2.30. The monoisotopic (exact) mass is 430 g/mol. The van der Waals surface area contributed by atoms with E-state index in [4.69, 9.17) is 4.99 Å². The first kappa shape index (κ1) is 25.8. The summed E-state index contributed by atoms with van der Waals surface area (Å²) in [5.74, 6) is 0.491. The molecule has 1 aromatic heterocycles. The van der Waals surface area contributed by atoms with Crippen molar-refractivity contribution in [2.75, 3.05) is 0 Å². The van der Waals surface area contributed by atoms with Gasteiger partial charge in [-0.25, -0.2) is 0 Å². The van der Waals surface area contributed by atoms with Crippen molar-refractivity contribution in [1.29, 1.82) is 0 Å². The van der Waals surface area contributed by atoms with Gasteiger partial charge in [-0.05, 0) is 81.5 Å². The molecule has 2 rings (SSSR count). The zero-order valence-electron chi connectivity index (χ0n) is 21.3. The van der Waals surface area contributed by atoms with Gasteiger partial charge in [0.1, 0.15) is 0 Å². The quantitative estimate of drug-likeness (QED) is 0.258. The van der Waals surface area contributed by atoms with Crippen LogP contribution in [0.25, 0.3) is 0 Å². The second-order valence-electron chi connectivity index (χ2n) is 9.74. The summed E-state index contributed by atoms with van der Waals surface area (Å²) >= 11 is 0. The Morgan fingerprint density at radius 1 is 1.19 bits per heavy atom. The minimum Gasteiger partial charge on any atom is -0.264 e. The van der Waals surface area contributed by atoms with Gasteiger partial charge in [-0.1, -0.05) is 69.0 Å². The van der Waals surface area contributed by atoms with Gasteiger partial charge in [-0.15, -0.1) is 6.58 Å². The zero-order chi connectivity index (χ0) is 23.7. The lowest BCUT2D eigenvalue weighted by atomic mass is 9.75. The summed E-state index contributed by atoms with van der Waals surface area (Å²) in [5, 5.41) is 0. The molecule has 32 heavy (non-hydrogen) atoms. The van der Waals surface area contributed by atoms with E-state index in [-0.39, 0.29) is 5.41 Å². The number of rotatable bonds is 11. The topological polar surface area (TPSA) is 25.2 Å². The van der Waals surface area contributed by atoms with Crippen molar-refractivity contribution in [3.63, 3.8) is 0 Å². The molecule has 2 nitrogen and oxygen atoms in total. The largest absolute Gasteiger partial charge is 0.264 e. The van der Waals surface area contributed by atoms with E-state index >= 15 is 0 Å². The van der Waals surface area contributed by atoms with Crippen molar-refractivity contribution in [2.45, 2.75) is 80.6 Å². The lowest BCUT2D eigenvalue weighted by Crippen LogP contribution is -2.17. The Morgan fingerprint density at radius 3 is 2.56 bits per heavy atom. The molecule has 0 saturated heterocycles. The van der Waals surface area contributed by atoms with Crippen molar-refractivity contribution in [3.8, 4) is 0 Å². The number of unbranched alkanes of at least 4 members (excludes halogenated alkanes) is 1. The van der Waals surface area contributed by atoms with E-state index in [0.717, 1.165) is 29.8 Å². The number of aliphatic imine (C=N–C) groups is 1. The summed E-state index contributed by atoms with van der Waals surface area (Å²) in [7, 11) is 0. The summed E-state index contributed by atoms with van der Waals surface area (Å²) in [4.78, 5) is 9.13. The molecule has 0 aliphatic carbocycles. The molecule has 0 aliphatic rings. The van der Waals surface area contributed by atoms with E-state index in [0.29, 0.717) is 5.92 Å². The summed E-state index contributed by atoms with van der Waals surface area (Å²) in [5.41, 5.74) is 8.82. The Bertz CT molecular complexity index is 948. The Morgan fingerprint density at radius 2 is 1.94 bits per heavy atom. The van der Waals surface area contributed by atoms with Crippen molar-refractivity contribution in [3.05, 3.63) is 83.2 Å². The first-order chi connectivity index (χ1) is 15.2. The average molecular weight is 431 g/mol. The fraction of sp³-hybridized carbons (Fsp3) is 0.467. The molecular formula is C30H42N2. The van der Waals surface area contributed by atoms with Gasteiger partial charge < -0.3 is 0 Å². The van der Waals surface area contributed by atoms with E-state index in [1.54, 1.807) is 6.20 Å². The SMILES string of the molecule is C=CC(CCCC)/C(C)=C(/C)C(C)(C)CCc1ccc(C)c(N=C(C)c2cccnc2)c1. The molecule has 1 unspecified atom stereocenters. The smallest absolute Gasteiger partial charge is 0.0664 e. The van der Waals surface area contributed by atoms with Crippen LogP contribution < -0.4 is 0 Å². The van der Waals surface area contributed by atoms with Crippen LogP contribution in [-0.2, 0) is 6.42 Å². The minimum atomic E-state index is 0.150. The van der Waals surface area contributed by atoms with Crippen LogP contribution in [0.2, 0.25) is 0 Å². The van der Waals surface area contributed by atoms with Crippen molar-refractivity contribution in [1.82, 2.24) is 4.98 Å². The first-order valence-corrected chi connectivity index (χ1v) is 12.0. The highest BCUT2D eigenvalue weighted by molar-refractivity contribution is 6.00. The number of benzene rings is 1. The molecule has 0 fully saturated rings. The summed E-state index contributed by atoms with van der Waals surface area (Å²) in [6.45, 7) is 19.9. The van der Waals surface area contributed by atoms with Crippen LogP contribution in [0.4, 0.5) is 5.69 Å². The van der Waals surface area contributed by atoms with E-state index in [1.807, 2.05) is 12.3 Å². The number of aromatic nitrogens is 1. The van der Waals surface area contributed by atoms with Crippen molar-refractivity contribution < 1.29 is 0 Å². The molecule has 0 aliphatic heterocycles. The molecule has 1 atom stereocenters. The van der Waals surface area contributed by atoms with Crippen LogP contribution in [0.5, 0.6) is 0 Å². The first-order valence-electron chi connectivity index (χ1n) is 12.0. The fourth-order valence-electron chi connectivity index (χ4n) is 4.14. The fourth-order valence-corrected chi connectivity index (χ4v) is 4.14. The molecule has 0 radical (unpaired) electrons. The molecule has 0 bridgehead atoms. The Balaban J connectivity index is 2.18. The number of aryl methyl sites for hydroxylation is 2. The van der Waals surface area contributed by atoms with E-state index in [2.05, 4.69) is 90.4 Å². The van der Waals surface area contributed by atoms with Gasteiger partial charge >= 0.3 is 0 Å². The standard InChI is InChI=1S/C30H42N2/c1-9-11-13-27(10-2)23(4)24(5)30(7,8)18-17-26-16-15-22(3)29(20-26)32-25(6)28-14-12-19-31-21-28/h10,12,14-16,19-21,27H,2,9,11,13,17-18H2,1,3-8H3/b24-23-,32-25?. The van der Waals surface area contributed by atoms with Gasteiger partial charge in [0.05, 0.1) is 5.69 Å². The molecule has 0 saturated carbocycles. The van der Waals surface area contributed by atoms with Gasteiger partial charge in [-0.3, -0.25) is 9.98 Å². The zero-order valence-corrected chi connectivity index (χ0v) is 21.3. The molecule has 2 heteroatoms. The van der Waals surface area contributed by atoms with Gasteiger partial charge in [-0.2, -0.15) is 0 Å². The predicted molar refractivity (Wildman–Crippen MR) is 141 cm³/mol. The summed E-state index contributed by atoms with van der Waals surface area (Å²) < 4.78 is 0. The van der Waals surface area contributed by atoms with Crippen molar-refractivity contribution >= 4 is 11.4 Å². The maximum absolute atomic E-state index is 4.92. The molecule has 0 amide bonds. The number of allylic oxidation sites excluding steroid dienone is 3. The van der Waals surface area contributed by atoms with E-state index < -0.39 is 0 Å².